The number of halogens is 3. The highest BCUT2D eigenvalue weighted by Crippen LogP contribution is 2.30. The zero-order valence-electron chi connectivity index (χ0n) is 15.6. The van der Waals surface area contributed by atoms with Gasteiger partial charge in [-0.2, -0.15) is 13.2 Å². The predicted molar refractivity (Wildman–Crippen MR) is 102 cm³/mol. The molecule has 0 fully saturated rings. The first-order valence-electron chi connectivity index (χ1n) is 8.49. The third kappa shape index (κ3) is 5.01. The third-order valence-electron chi connectivity index (χ3n) is 3.86. The van der Waals surface area contributed by atoms with Crippen LogP contribution in [0.2, 0.25) is 0 Å². The number of rotatable bonds is 5. The fourth-order valence-electron chi connectivity index (χ4n) is 2.45. The number of carbonyl (C=O) groups is 1. The summed E-state index contributed by atoms with van der Waals surface area (Å²) in [5.74, 6) is 0.639. The van der Waals surface area contributed by atoms with Gasteiger partial charge >= 0.3 is 6.18 Å². The van der Waals surface area contributed by atoms with Gasteiger partial charge < -0.3 is 15.0 Å². The first-order valence-corrected chi connectivity index (χ1v) is 8.49. The molecule has 0 saturated carbocycles. The molecule has 1 aromatic carbocycles. The second kappa shape index (κ2) is 8.17. The average Bonchev–Trinajstić information content (AvgIpc) is 2.68. The van der Waals surface area contributed by atoms with Crippen LogP contribution in [0.1, 0.15) is 15.9 Å². The Kier molecular flexibility index (Phi) is 5.67. The van der Waals surface area contributed by atoms with Crippen LogP contribution >= 0.6 is 0 Å². The van der Waals surface area contributed by atoms with Crippen molar-refractivity contribution in [2.24, 2.45) is 0 Å². The molecule has 6 nitrogen and oxygen atoms in total. The normalized spacial score (nSPS) is 11.1. The molecule has 1 N–H and O–H groups in total. The Morgan fingerprint density at radius 2 is 1.76 bits per heavy atom. The topological polar surface area (TPSA) is 67.4 Å². The lowest BCUT2D eigenvalue weighted by molar-refractivity contribution is -0.137. The van der Waals surface area contributed by atoms with Crippen LogP contribution in [0.15, 0.2) is 60.9 Å². The fraction of sp³-hybridized carbons (Fsp3) is 0.150. The maximum Gasteiger partial charge on any atom is 0.417 e. The molecule has 0 aliphatic heterocycles. The van der Waals surface area contributed by atoms with Gasteiger partial charge in [-0.25, -0.2) is 9.97 Å². The van der Waals surface area contributed by atoms with E-state index in [2.05, 4.69) is 15.3 Å². The summed E-state index contributed by atoms with van der Waals surface area (Å²) in [5, 5.41) is 2.79. The van der Waals surface area contributed by atoms with Gasteiger partial charge in [0.15, 0.2) is 5.82 Å². The monoisotopic (exact) mass is 402 g/mol. The van der Waals surface area contributed by atoms with Crippen molar-refractivity contribution in [2.45, 2.75) is 6.18 Å². The van der Waals surface area contributed by atoms with Crippen molar-refractivity contribution in [3.8, 4) is 11.6 Å². The number of hydrogen-bond acceptors (Lipinski definition) is 5. The summed E-state index contributed by atoms with van der Waals surface area (Å²) >= 11 is 0. The van der Waals surface area contributed by atoms with Gasteiger partial charge in [-0.15, -0.1) is 0 Å². The summed E-state index contributed by atoms with van der Waals surface area (Å²) in [6, 6.07) is 11.6. The van der Waals surface area contributed by atoms with Gasteiger partial charge in [-0.1, -0.05) is 0 Å². The van der Waals surface area contributed by atoms with Crippen LogP contribution < -0.4 is 15.0 Å². The molecule has 0 radical (unpaired) electrons. The van der Waals surface area contributed by atoms with Crippen molar-refractivity contribution >= 4 is 17.4 Å². The van der Waals surface area contributed by atoms with E-state index in [0.29, 0.717) is 29.0 Å². The van der Waals surface area contributed by atoms with Crippen molar-refractivity contribution in [1.29, 1.82) is 0 Å². The first kappa shape index (κ1) is 20.1. The van der Waals surface area contributed by atoms with Crippen molar-refractivity contribution in [1.82, 2.24) is 9.97 Å². The number of aromatic nitrogens is 2. The van der Waals surface area contributed by atoms with Gasteiger partial charge in [0.1, 0.15) is 5.75 Å². The second-order valence-electron chi connectivity index (χ2n) is 6.23. The predicted octanol–water partition coefficient (Wildman–Crippen LogP) is 4.61. The number of anilines is 2. The standard InChI is InChI=1S/C20H17F3N4O2/c1-27(2)18-16(4-3-11-24-18)26-19(28)13-5-8-15(9-6-13)29-17-10-7-14(12-25-17)20(21,22)23/h3-12H,1-2H3,(H,26,28). The Morgan fingerprint density at radius 3 is 2.34 bits per heavy atom. The minimum Gasteiger partial charge on any atom is -0.439 e. The van der Waals surface area contributed by atoms with E-state index in [1.807, 2.05) is 14.1 Å². The molecule has 0 unspecified atom stereocenters. The van der Waals surface area contributed by atoms with E-state index in [4.69, 9.17) is 4.74 Å². The molecule has 0 aliphatic rings. The van der Waals surface area contributed by atoms with Crippen LogP contribution in [0, 0.1) is 0 Å². The number of nitrogens with zero attached hydrogens (tertiary/aromatic N) is 3. The summed E-state index contributed by atoms with van der Waals surface area (Å²) in [6.07, 6.45) is -2.12. The highest BCUT2D eigenvalue weighted by molar-refractivity contribution is 6.05. The molecule has 29 heavy (non-hydrogen) atoms. The van der Waals surface area contributed by atoms with Crippen LogP contribution in [0.25, 0.3) is 0 Å². The SMILES string of the molecule is CN(C)c1ncccc1NC(=O)c1ccc(Oc2ccc(C(F)(F)F)cn2)cc1. The molecule has 2 heterocycles. The summed E-state index contributed by atoms with van der Waals surface area (Å²) in [5.41, 5.74) is 0.0902. The lowest BCUT2D eigenvalue weighted by Crippen LogP contribution is -2.17. The van der Waals surface area contributed by atoms with E-state index in [1.54, 1.807) is 35.4 Å². The molecule has 2 aromatic heterocycles. The van der Waals surface area contributed by atoms with Crippen LogP contribution in [0.4, 0.5) is 24.7 Å². The Morgan fingerprint density at radius 1 is 1.03 bits per heavy atom. The highest BCUT2D eigenvalue weighted by atomic mass is 19.4. The zero-order chi connectivity index (χ0) is 21.0. The number of benzene rings is 1. The maximum atomic E-state index is 12.6. The van der Waals surface area contributed by atoms with Crippen LogP contribution in [0.5, 0.6) is 11.6 Å². The molecular formula is C20H17F3N4O2. The van der Waals surface area contributed by atoms with Crippen molar-refractivity contribution in [2.75, 3.05) is 24.3 Å². The van der Waals surface area contributed by atoms with Crippen molar-refractivity contribution in [3.05, 3.63) is 72.1 Å². The van der Waals surface area contributed by atoms with E-state index in [9.17, 15) is 18.0 Å². The largest absolute Gasteiger partial charge is 0.439 e. The molecule has 9 heteroatoms. The molecule has 3 rings (SSSR count). The number of alkyl halides is 3. The first-order chi connectivity index (χ1) is 13.7. The molecule has 0 atom stereocenters. The molecule has 0 saturated heterocycles. The number of hydrogen-bond donors (Lipinski definition) is 1. The highest BCUT2D eigenvalue weighted by Gasteiger charge is 2.30. The average molecular weight is 402 g/mol. The molecule has 0 aliphatic carbocycles. The minimum atomic E-state index is -4.46. The minimum absolute atomic E-state index is 0.0150. The Balaban J connectivity index is 1.68. The molecule has 3 aromatic rings. The quantitative estimate of drug-likeness (QED) is 0.675. The van der Waals surface area contributed by atoms with Gasteiger partial charge in [0.25, 0.3) is 5.91 Å². The second-order valence-corrected chi connectivity index (χ2v) is 6.23. The van der Waals surface area contributed by atoms with E-state index >= 15 is 0 Å². The molecule has 0 bridgehead atoms. The fourth-order valence-corrected chi connectivity index (χ4v) is 2.45. The van der Waals surface area contributed by atoms with Gasteiger partial charge in [-0.3, -0.25) is 4.79 Å². The molecular weight excluding hydrogens is 385 g/mol. The molecule has 1 amide bonds. The zero-order valence-corrected chi connectivity index (χ0v) is 15.6. The van der Waals surface area contributed by atoms with E-state index in [1.165, 1.54) is 12.1 Å². The van der Waals surface area contributed by atoms with E-state index in [-0.39, 0.29) is 11.8 Å². The number of pyridine rings is 2. The summed E-state index contributed by atoms with van der Waals surface area (Å²) in [4.78, 5) is 22.1. The number of amides is 1. The number of carbonyl (C=O) groups excluding carboxylic acids is 1. The van der Waals surface area contributed by atoms with E-state index < -0.39 is 11.7 Å². The molecule has 150 valence electrons. The van der Waals surface area contributed by atoms with Gasteiger partial charge in [-0.05, 0) is 42.5 Å². The molecule has 0 spiro atoms. The lowest BCUT2D eigenvalue weighted by Gasteiger charge is -2.16. The maximum absolute atomic E-state index is 12.6. The Hall–Kier alpha value is -3.62. The van der Waals surface area contributed by atoms with Crippen LogP contribution in [0.3, 0.4) is 0 Å². The smallest absolute Gasteiger partial charge is 0.417 e. The van der Waals surface area contributed by atoms with Crippen LogP contribution in [-0.2, 0) is 6.18 Å². The Labute approximate surface area is 165 Å². The number of nitrogens with one attached hydrogen (secondary N) is 1. The van der Waals surface area contributed by atoms with Crippen LogP contribution in [-0.4, -0.2) is 30.0 Å². The third-order valence-corrected chi connectivity index (χ3v) is 3.86. The number of ether oxygens (including phenoxy) is 1. The summed E-state index contributed by atoms with van der Waals surface area (Å²) < 4.78 is 43.1. The van der Waals surface area contributed by atoms with E-state index in [0.717, 1.165) is 12.1 Å². The van der Waals surface area contributed by atoms with Crippen molar-refractivity contribution < 1.29 is 22.7 Å². The lowest BCUT2D eigenvalue weighted by atomic mass is 10.2. The Bertz CT molecular complexity index is 988. The van der Waals surface area contributed by atoms with Gasteiger partial charge in [0.05, 0.1) is 11.3 Å². The van der Waals surface area contributed by atoms with Crippen molar-refractivity contribution in [3.63, 3.8) is 0 Å². The van der Waals surface area contributed by atoms with Gasteiger partial charge in [0.2, 0.25) is 5.88 Å². The van der Waals surface area contributed by atoms with Gasteiger partial charge in [0, 0.05) is 38.1 Å². The summed E-state index contributed by atoms with van der Waals surface area (Å²) in [6.45, 7) is 0. The summed E-state index contributed by atoms with van der Waals surface area (Å²) in [7, 11) is 3.64.